The minimum atomic E-state index is 0.0922. The molecule has 2 aromatic heterocycles. The lowest BCUT2D eigenvalue weighted by atomic mass is 10.2. The van der Waals surface area contributed by atoms with Crippen molar-refractivity contribution in [1.29, 1.82) is 0 Å². The molecular weight excluding hydrogens is 294 g/mol. The van der Waals surface area contributed by atoms with E-state index in [0.717, 1.165) is 36.9 Å². The summed E-state index contributed by atoms with van der Waals surface area (Å²) >= 11 is 0. The molecule has 1 saturated carbocycles. The van der Waals surface area contributed by atoms with Crippen molar-refractivity contribution in [2.75, 3.05) is 13.7 Å². The Balaban J connectivity index is 1.50. The van der Waals surface area contributed by atoms with Gasteiger partial charge in [0.2, 0.25) is 5.89 Å². The first-order valence-corrected chi connectivity index (χ1v) is 8.29. The van der Waals surface area contributed by atoms with Crippen LogP contribution in [0.5, 0.6) is 0 Å². The Kier molecular flexibility index (Phi) is 3.73. The number of aromatic nitrogens is 2. The van der Waals surface area contributed by atoms with E-state index in [0.29, 0.717) is 17.6 Å². The van der Waals surface area contributed by atoms with Crippen LogP contribution in [-0.4, -0.2) is 34.8 Å². The van der Waals surface area contributed by atoms with Crippen molar-refractivity contribution in [1.82, 2.24) is 15.0 Å². The summed E-state index contributed by atoms with van der Waals surface area (Å²) in [6.45, 7) is 5.70. The summed E-state index contributed by atoms with van der Waals surface area (Å²) in [4.78, 5) is 6.71. The standard InChI is InChI=1S/C17H23N3O3/c1-10-6-14(10)16-5-4-12(22-16)8-20-9-13(21-3)7-15(20)17-18-11(2)19-23-17/h4-5,10,13-15H,6-9H2,1-3H3/t10?,13-,14?,15-/m1/s1. The van der Waals surface area contributed by atoms with Crippen molar-refractivity contribution in [2.45, 2.75) is 51.3 Å². The molecular formula is C17H23N3O3. The van der Waals surface area contributed by atoms with Crippen LogP contribution >= 0.6 is 0 Å². The summed E-state index contributed by atoms with van der Waals surface area (Å²) in [5, 5.41) is 3.92. The van der Waals surface area contributed by atoms with Crippen molar-refractivity contribution >= 4 is 0 Å². The minimum Gasteiger partial charge on any atom is -0.464 e. The summed E-state index contributed by atoms with van der Waals surface area (Å²) in [7, 11) is 1.75. The van der Waals surface area contributed by atoms with E-state index < -0.39 is 0 Å². The summed E-state index contributed by atoms with van der Waals surface area (Å²) in [5.41, 5.74) is 0. The molecule has 0 N–H and O–H groups in total. The van der Waals surface area contributed by atoms with E-state index in [1.807, 2.05) is 6.92 Å². The molecule has 2 unspecified atom stereocenters. The molecule has 1 saturated heterocycles. The van der Waals surface area contributed by atoms with Gasteiger partial charge in [-0.15, -0.1) is 0 Å². The van der Waals surface area contributed by atoms with Crippen molar-refractivity contribution in [2.24, 2.45) is 5.92 Å². The first-order valence-electron chi connectivity index (χ1n) is 8.29. The van der Waals surface area contributed by atoms with Gasteiger partial charge in [0.05, 0.1) is 18.7 Å². The van der Waals surface area contributed by atoms with Crippen LogP contribution in [0.2, 0.25) is 0 Å². The quantitative estimate of drug-likeness (QED) is 0.844. The zero-order valence-corrected chi connectivity index (χ0v) is 13.9. The highest BCUT2D eigenvalue weighted by Crippen LogP contribution is 2.47. The summed E-state index contributed by atoms with van der Waals surface area (Å²) in [5.74, 6) is 4.84. The van der Waals surface area contributed by atoms with E-state index in [1.54, 1.807) is 7.11 Å². The molecule has 2 aliphatic rings. The Morgan fingerprint density at radius 1 is 1.35 bits per heavy atom. The highest BCUT2D eigenvalue weighted by molar-refractivity contribution is 5.18. The third-order valence-corrected chi connectivity index (χ3v) is 5.04. The molecule has 4 atom stereocenters. The molecule has 3 heterocycles. The minimum absolute atomic E-state index is 0.0922. The van der Waals surface area contributed by atoms with Crippen molar-refractivity contribution in [3.63, 3.8) is 0 Å². The van der Waals surface area contributed by atoms with Gasteiger partial charge >= 0.3 is 0 Å². The smallest absolute Gasteiger partial charge is 0.244 e. The van der Waals surface area contributed by atoms with Gasteiger partial charge < -0.3 is 13.7 Å². The molecule has 23 heavy (non-hydrogen) atoms. The van der Waals surface area contributed by atoms with Crippen LogP contribution in [0.1, 0.15) is 55.0 Å². The average Bonchev–Trinajstić information content (AvgIpc) is 2.95. The summed E-state index contributed by atoms with van der Waals surface area (Å²) < 4.78 is 17.0. The third kappa shape index (κ3) is 2.93. The van der Waals surface area contributed by atoms with E-state index in [-0.39, 0.29) is 12.1 Å². The van der Waals surface area contributed by atoms with E-state index in [4.69, 9.17) is 13.7 Å². The van der Waals surface area contributed by atoms with Gasteiger partial charge in [-0.2, -0.15) is 4.98 Å². The van der Waals surface area contributed by atoms with Crippen molar-refractivity contribution in [3.05, 3.63) is 35.4 Å². The number of hydrogen-bond acceptors (Lipinski definition) is 6. The molecule has 0 radical (unpaired) electrons. The molecule has 6 nitrogen and oxygen atoms in total. The van der Waals surface area contributed by atoms with Crippen LogP contribution in [0.25, 0.3) is 0 Å². The second-order valence-electron chi connectivity index (χ2n) is 6.84. The molecule has 6 heteroatoms. The maximum atomic E-state index is 6.05. The van der Waals surface area contributed by atoms with Gasteiger partial charge in [0.1, 0.15) is 11.5 Å². The van der Waals surface area contributed by atoms with E-state index >= 15 is 0 Å². The van der Waals surface area contributed by atoms with Gasteiger partial charge in [-0.3, -0.25) is 4.90 Å². The van der Waals surface area contributed by atoms with Crippen LogP contribution in [0.3, 0.4) is 0 Å². The summed E-state index contributed by atoms with van der Waals surface area (Å²) in [6.07, 6.45) is 2.29. The fourth-order valence-electron chi connectivity index (χ4n) is 3.51. The highest BCUT2D eigenvalue weighted by Gasteiger charge is 2.39. The van der Waals surface area contributed by atoms with Gasteiger partial charge in [-0.05, 0) is 37.8 Å². The molecule has 1 aliphatic carbocycles. The van der Waals surface area contributed by atoms with Gasteiger partial charge in [0.25, 0.3) is 0 Å². The summed E-state index contributed by atoms with van der Waals surface area (Å²) in [6, 6.07) is 4.31. The topological polar surface area (TPSA) is 64.5 Å². The maximum Gasteiger partial charge on any atom is 0.244 e. The maximum absolute atomic E-state index is 6.05. The lowest BCUT2D eigenvalue weighted by molar-refractivity contribution is 0.106. The first kappa shape index (κ1) is 14.9. The number of likely N-dealkylation sites (tertiary alicyclic amines) is 1. The monoisotopic (exact) mass is 317 g/mol. The zero-order valence-electron chi connectivity index (χ0n) is 13.9. The Labute approximate surface area is 135 Å². The van der Waals surface area contributed by atoms with Crippen molar-refractivity contribution < 1.29 is 13.7 Å². The van der Waals surface area contributed by atoms with Gasteiger partial charge in [-0.1, -0.05) is 12.1 Å². The zero-order chi connectivity index (χ0) is 16.0. The fraction of sp³-hybridized carbons (Fsp3) is 0.647. The van der Waals surface area contributed by atoms with E-state index in [9.17, 15) is 0 Å². The van der Waals surface area contributed by atoms with Crippen LogP contribution in [0, 0.1) is 12.8 Å². The highest BCUT2D eigenvalue weighted by atomic mass is 16.5. The predicted molar refractivity (Wildman–Crippen MR) is 82.8 cm³/mol. The van der Waals surface area contributed by atoms with Crippen LogP contribution < -0.4 is 0 Å². The molecule has 2 aromatic rings. The molecule has 4 rings (SSSR count). The molecule has 2 fully saturated rings. The number of rotatable bonds is 5. The SMILES string of the molecule is CO[C@@H]1C[C@H](c2nc(C)no2)N(Cc2ccc(C3CC3C)o2)C1. The molecule has 0 bridgehead atoms. The van der Waals surface area contributed by atoms with Crippen molar-refractivity contribution in [3.8, 4) is 0 Å². The lowest BCUT2D eigenvalue weighted by Gasteiger charge is -2.19. The second kappa shape index (κ2) is 5.76. The molecule has 0 spiro atoms. The number of hydrogen-bond donors (Lipinski definition) is 0. The van der Waals surface area contributed by atoms with Crippen LogP contribution in [0.15, 0.2) is 21.1 Å². The van der Waals surface area contributed by atoms with Gasteiger partial charge in [0.15, 0.2) is 5.82 Å². The normalized spacial score (nSPS) is 30.9. The number of ether oxygens (including phenoxy) is 1. The Morgan fingerprint density at radius 3 is 2.83 bits per heavy atom. The van der Waals surface area contributed by atoms with E-state index in [1.165, 1.54) is 6.42 Å². The number of furan rings is 1. The van der Waals surface area contributed by atoms with Gasteiger partial charge in [-0.25, -0.2) is 0 Å². The average molecular weight is 317 g/mol. The molecule has 1 aliphatic heterocycles. The van der Waals surface area contributed by atoms with E-state index in [2.05, 4.69) is 34.1 Å². The molecule has 124 valence electrons. The van der Waals surface area contributed by atoms with Gasteiger partial charge in [0, 0.05) is 19.6 Å². The van der Waals surface area contributed by atoms with Crippen LogP contribution in [-0.2, 0) is 11.3 Å². The first-order chi connectivity index (χ1) is 11.1. The predicted octanol–water partition coefficient (Wildman–Crippen LogP) is 3.06. The Hall–Kier alpha value is -1.66. The fourth-order valence-corrected chi connectivity index (χ4v) is 3.51. The largest absolute Gasteiger partial charge is 0.464 e. The Bertz CT molecular complexity index is 680. The molecule has 0 aromatic carbocycles. The number of methoxy groups -OCH3 is 1. The third-order valence-electron chi connectivity index (χ3n) is 5.04. The Morgan fingerprint density at radius 2 is 2.17 bits per heavy atom. The number of aryl methyl sites for hydroxylation is 1. The molecule has 0 amide bonds. The van der Waals surface area contributed by atoms with Crippen LogP contribution in [0.4, 0.5) is 0 Å². The second-order valence-corrected chi connectivity index (χ2v) is 6.84. The number of nitrogens with zero attached hydrogens (tertiary/aromatic N) is 3. The lowest BCUT2D eigenvalue weighted by Crippen LogP contribution is -2.24.